The Balaban J connectivity index is 4.15. The van der Waals surface area contributed by atoms with Crippen LogP contribution in [0.1, 0.15) is 27.2 Å². The number of hydrogen-bond donors (Lipinski definition) is 2. The average Bonchev–Trinajstić information content (AvgIpc) is 2.22. The number of nitrogens with one attached hydrogen (secondary N) is 1. The minimum Gasteiger partial charge on any atom is -0.444 e. The maximum Gasteiger partial charge on any atom is 0.407 e. The molecule has 1 unspecified atom stereocenters. The molecule has 2 atom stereocenters. The van der Waals surface area contributed by atoms with Gasteiger partial charge in [0.1, 0.15) is 5.60 Å². The van der Waals surface area contributed by atoms with E-state index in [0.29, 0.717) is 0 Å². The van der Waals surface area contributed by atoms with Gasteiger partial charge >= 0.3 is 6.09 Å². The van der Waals surface area contributed by atoms with E-state index >= 15 is 0 Å². The van der Waals surface area contributed by atoms with E-state index in [4.69, 9.17) is 15.1 Å². The van der Waals surface area contributed by atoms with Gasteiger partial charge in [-0.05, 0) is 20.8 Å². The number of nitriles is 1. The molecule has 0 fully saturated rings. The van der Waals surface area contributed by atoms with Crippen molar-refractivity contribution in [3.63, 3.8) is 0 Å². The molecule has 0 aliphatic heterocycles. The van der Waals surface area contributed by atoms with Crippen LogP contribution < -0.4 is 5.32 Å². The van der Waals surface area contributed by atoms with Crippen LogP contribution in [0.4, 0.5) is 4.79 Å². The lowest BCUT2D eigenvalue weighted by Crippen LogP contribution is -2.44. The van der Waals surface area contributed by atoms with Crippen LogP contribution in [0.25, 0.3) is 0 Å². The highest BCUT2D eigenvalue weighted by molar-refractivity contribution is 7.85. The summed E-state index contributed by atoms with van der Waals surface area (Å²) in [5, 5.41) is 19.9. The van der Waals surface area contributed by atoms with Gasteiger partial charge in [-0.2, -0.15) is 5.26 Å². The van der Waals surface area contributed by atoms with Crippen molar-refractivity contribution in [3.8, 4) is 6.07 Å². The molecule has 0 saturated carbocycles. The first-order valence-electron chi connectivity index (χ1n) is 5.60. The van der Waals surface area contributed by atoms with Crippen LogP contribution in [0.3, 0.4) is 0 Å². The fourth-order valence-electron chi connectivity index (χ4n) is 1.08. The van der Waals surface area contributed by atoms with Gasteiger partial charge < -0.3 is 15.2 Å². The number of nitrogens with zero attached hydrogens (tertiary/aromatic N) is 1. The Labute approximate surface area is 110 Å². The lowest BCUT2D eigenvalue weighted by molar-refractivity contribution is 0.0491. The molecule has 0 aromatic rings. The summed E-state index contributed by atoms with van der Waals surface area (Å²) in [5.41, 5.74) is -0.621. The maximum atomic E-state index is 11.5. The van der Waals surface area contributed by atoms with Crippen molar-refractivity contribution in [1.29, 1.82) is 5.26 Å². The van der Waals surface area contributed by atoms with Crippen LogP contribution in [0.5, 0.6) is 0 Å². The van der Waals surface area contributed by atoms with Crippen molar-refractivity contribution >= 4 is 16.9 Å². The van der Waals surface area contributed by atoms with Crippen LogP contribution in [0.15, 0.2) is 0 Å². The molecular weight excluding hydrogens is 256 g/mol. The number of alkyl carbamates (subject to hydrolysis) is 1. The second-order valence-electron chi connectivity index (χ2n) is 4.74. The maximum absolute atomic E-state index is 11.5. The minimum absolute atomic E-state index is 0.109. The average molecular weight is 276 g/mol. The van der Waals surface area contributed by atoms with Crippen LogP contribution in [0, 0.1) is 11.3 Å². The van der Waals surface area contributed by atoms with E-state index in [2.05, 4.69) is 5.32 Å². The number of ether oxygens (including phenoxy) is 1. The fraction of sp³-hybridized carbons (Fsp3) is 0.818. The van der Waals surface area contributed by atoms with E-state index in [1.54, 1.807) is 20.8 Å². The SMILES string of the molecule is CC(C)(C)OC(=O)N[C@H](CO)CS(=O)CCC#N. The van der Waals surface area contributed by atoms with Gasteiger partial charge in [0.05, 0.1) is 18.7 Å². The third-order valence-corrected chi connectivity index (χ3v) is 3.20. The Kier molecular flexibility index (Phi) is 7.55. The molecule has 0 bridgehead atoms. The highest BCUT2D eigenvalue weighted by Crippen LogP contribution is 2.06. The predicted octanol–water partition coefficient (Wildman–Crippen LogP) is 0.534. The van der Waals surface area contributed by atoms with Crippen LogP contribution >= 0.6 is 0 Å². The second-order valence-corrected chi connectivity index (χ2v) is 6.37. The molecule has 0 aromatic heterocycles. The van der Waals surface area contributed by atoms with Crippen molar-refractivity contribution < 1.29 is 18.8 Å². The Morgan fingerprint density at radius 3 is 2.61 bits per heavy atom. The summed E-state index contributed by atoms with van der Waals surface area (Å²) >= 11 is 0. The summed E-state index contributed by atoms with van der Waals surface area (Å²) in [6.45, 7) is 4.86. The summed E-state index contributed by atoms with van der Waals surface area (Å²) in [5.74, 6) is 0.348. The molecule has 0 aromatic carbocycles. The molecule has 0 saturated heterocycles. The molecule has 18 heavy (non-hydrogen) atoms. The highest BCUT2D eigenvalue weighted by atomic mass is 32.2. The highest BCUT2D eigenvalue weighted by Gasteiger charge is 2.20. The van der Waals surface area contributed by atoms with E-state index < -0.39 is 28.5 Å². The Morgan fingerprint density at radius 2 is 2.17 bits per heavy atom. The topological polar surface area (TPSA) is 99.4 Å². The van der Waals surface area contributed by atoms with Crippen LogP contribution in [-0.4, -0.2) is 45.2 Å². The van der Waals surface area contributed by atoms with Gasteiger partial charge in [-0.15, -0.1) is 0 Å². The molecule has 7 heteroatoms. The van der Waals surface area contributed by atoms with Gasteiger partial charge in [-0.25, -0.2) is 4.79 Å². The van der Waals surface area contributed by atoms with Gasteiger partial charge in [0.25, 0.3) is 0 Å². The van der Waals surface area contributed by atoms with Crippen molar-refractivity contribution in [2.75, 3.05) is 18.1 Å². The van der Waals surface area contributed by atoms with Crippen molar-refractivity contribution in [3.05, 3.63) is 0 Å². The fourth-order valence-corrected chi connectivity index (χ4v) is 2.20. The third-order valence-electron chi connectivity index (χ3n) is 1.77. The standard InChI is InChI=1S/C11H20N2O4S/c1-11(2,3)17-10(15)13-9(7-14)8-18(16)6-4-5-12/h9,14H,4,6-8H2,1-3H3,(H,13,15)/t9-,18?/m1/s1. The summed E-state index contributed by atoms with van der Waals surface area (Å²) in [4.78, 5) is 11.4. The van der Waals surface area contributed by atoms with Gasteiger partial charge in [-0.3, -0.25) is 4.21 Å². The first-order chi connectivity index (χ1) is 8.28. The van der Waals surface area contributed by atoms with E-state index in [1.807, 2.05) is 6.07 Å². The second kappa shape index (κ2) is 8.06. The number of rotatable bonds is 6. The molecule has 2 N–H and O–H groups in total. The van der Waals surface area contributed by atoms with E-state index in [1.165, 1.54) is 0 Å². The van der Waals surface area contributed by atoms with Gasteiger partial charge in [-0.1, -0.05) is 0 Å². The first-order valence-corrected chi connectivity index (χ1v) is 7.09. The predicted molar refractivity (Wildman–Crippen MR) is 68.3 cm³/mol. The molecule has 0 radical (unpaired) electrons. The number of amides is 1. The molecule has 1 amide bonds. The first kappa shape index (κ1) is 16.9. The number of carbonyl (C=O) groups excluding carboxylic acids is 1. The number of aliphatic hydroxyl groups is 1. The number of aliphatic hydroxyl groups excluding tert-OH is 1. The molecular formula is C11H20N2O4S. The summed E-state index contributed by atoms with van der Waals surface area (Å²) in [6, 6.07) is 1.27. The quantitative estimate of drug-likeness (QED) is 0.737. The Hall–Kier alpha value is -1.13. The summed E-state index contributed by atoms with van der Waals surface area (Å²) < 4.78 is 16.5. The number of carbonyl (C=O) groups is 1. The summed E-state index contributed by atoms with van der Waals surface area (Å²) in [7, 11) is -1.24. The third kappa shape index (κ3) is 8.96. The molecule has 104 valence electrons. The molecule has 0 aliphatic rings. The Morgan fingerprint density at radius 1 is 1.56 bits per heavy atom. The summed E-state index contributed by atoms with van der Waals surface area (Å²) in [6.07, 6.45) is -0.462. The van der Waals surface area contributed by atoms with Gasteiger partial charge in [0.15, 0.2) is 0 Å². The van der Waals surface area contributed by atoms with Gasteiger partial charge in [0, 0.05) is 28.7 Å². The van der Waals surface area contributed by atoms with E-state index in [9.17, 15) is 9.00 Å². The Bertz CT molecular complexity index is 333. The molecule has 0 heterocycles. The number of hydrogen-bond acceptors (Lipinski definition) is 5. The zero-order valence-electron chi connectivity index (χ0n) is 10.9. The molecule has 6 nitrogen and oxygen atoms in total. The van der Waals surface area contributed by atoms with Crippen molar-refractivity contribution in [1.82, 2.24) is 5.32 Å². The van der Waals surface area contributed by atoms with E-state index in [0.717, 1.165) is 0 Å². The van der Waals surface area contributed by atoms with E-state index in [-0.39, 0.29) is 24.5 Å². The zero-order valence-corrected chi connectivity index (χ0v) is 11.7. The normalized spacial score (nSPS) is 14.4. The van der Waals surface area contributed by atoms with Gasteiger partial charge in [0.2, 0.25) is 0 Å². The molecule has 0 spiro atoms. The lowest BCUT2D eigenvalue weighted by atomic mass is 10.2. The minimum atomic E-state index is -1.24. The molecule has 0 rings (SSSR count). The zero-order chi connectivity index (χ0) is 14.2. The monoisotopic (exact) mass is 276 g/mol. The largest absolute Gasteiger partial charge is 0.444 e. The smallest absolute Gasteiger partial charge is 0.407 e. The van der Waals surface area contributed by atoms with Crippen LogP contribution in [0.2, 0.25) is 0 Å². The molecule has 0 aliphatic carbocycles. The van der Waals surface area contributed by atoms with Crippen LogP contribution in [-0.2, 0) is 15.5 Å². The van der Waals surface area contributed by atoms with Crippen molar-refractivity contribution in [2.45, 2.75) is 38.8 Å². The lowest BCUT2D eigenvalue weighted by Gasteiger charge is -2.22. The van der Waals surface area contributed by atoms with Crippen molar-refractivity contribution in [2.24, 2.45) is 0 Å².